The molecule has 1 saturated heterocycles. The fourth-order valence-corrected chi connectivity index (χ4v) is 4.11. The summed E-state index contributed by atoms with van der Waals surface area (Å²) in [7, 11) is 1.57. The Hall–Kier alpha value is -4.54. The minimum atomic E-state index is -4.61. The first-order valence-corrected chi connectivity index (χ1v) is 12.0. The lowest BCUT2D eigenvalue weighted by molar-refractivity contribution is -0.137. The van der Waals surface area contributed by atoms with Crippen LogP contribution in [0.5, 0.6) is 11.5 Å². The van der Waals surface area contributed by atoms with Gasteiger partial charge in [-0.05, 0) is 54.1 Å². The molecule has 0 aromatic heterocycles. The van der Waals surface area contributed by atoms with Crippen LogP contribution in [0.25, 0.3) is 0 Å². The van der Waals surface area contributed by atoms with Gasteiger partial charge in [-0.2, -0.15) is 13.2 Å². The number of benzene rings is 3. The second-order valence-corrected chi connectivity index (χ2v) is 8.85. The summed E-state index contributed by atoms with van der Waals surface area (Å²) in [5, 5.41) is 5.07. The lowest BCUT2D eigenvalue weighted by Crippen LogP contribution is -2.32. The first-order chi connectivity index (χ1) is 18.6. The van der Waals surface area contributed by atoms with Gasteiger partial charge in [0.1, 0.15) is 11.5 Å². The topological polar surface area (TPSA) is 97.0 Å². The summed E-state index contributed by atoms with van der Waals surface area (Å²) in [6.45, 7) is 0.0358. The first-order valence-electron chi connectivity index (χ1n) is 12.0. The van der Waals surface area contributed by atoms with Gasteiger partial charge in [0, 0.05) is 25.2 Å². The number of carbonyl (C=O) groups is 3. The van der Waals surface area contributed by atoms with E-state index in [0.29, 0.717) is 23.7 Å². The molecule has 8 nitrogen and oxygen atoms in total. The highest BCUT2D eigenvalue weighted by Crippen LogP contribution is 2.34. The number of methoxy groups -OCH3 is 1. The molecule has 1 atom stereocenters. The van der Waals surface area contributed by atoms with E-state index in [2.05, 4.69) is 10.6 Å². The van der Waals surface area contributed by atoms with Crippen LogP contribution in [-0.4, -0.2) is 38.0 Å². The van der Waals surface area contributed by atoms with Gasteiger partial charge in [0.2, 0.25) is 11.8 Å². The summed E-state index contributed by atoms with van der Waals surface area (Å²) < 4.78 is 49.8. The number of anilines is 2. The Bertz CT molecular complexity index is 1330. The van der Waals surface area contributed by atoms with E-state index in [9.17, 15) is 27.6 Å². The first kappa shape index (κ1) is 27.5. The SMILES string of the molecule is COc1ccc(CNC(=O)[C@@H]2CC(=O)N(c3ccc(OCC(=O)Nc4ccccc4C(F)(F)F)cc3)C2)cc1. The molecule has 1 heterocycles. The number of hydrogen-bond acceptors (Lipinski definition) is 5. The lowest BCUT2D eigenvalue weighted by atomic mass is 10.1. The van der Waals surface area contributed by atoms with Gasteiger partial charge in [-0.1, -0.05) is 24.3 Å². The second-order valence-electron chi connectivity index (χ2n) is 8.85. The van der Waals surface area contributed by atoms with Crippen molar-refractivity contribution in [1.29, 1.82) is 0 Å². The van der Waals surface area contributed by atoms with E-state index in [4.69, 9.17) is 9.47 Å². The Balaban J connectivity index is 1.27. The van der Waals surface area contributed by atoms with Crippen LogP contribution in [0.1, 0.15) is 17.5 Å². The molecule has 3 aromatic rings. The summed E-state index contributed by atoms with van der Waals surface area (Å²) in [5.74, 6) is -0.674. The van der Waals surface area contributed by atoms with Crippen molar-refractivity contribution in [3.63, 3.8) is 0 Å². The van der Waals surface area contributed by atoms with Crippen molar-refractivity contribution >= 4 is 29.1 Å². The second kappa shape index (κ2) is 11.9. The van der Waals surface area contributed by atoms with E-state index >= 15 is 0 Å². The third-order valence-corrected chi connectivity index (χ3v) is 6.15. The van der Waals surface area contributed by atoms with Crippen LogP contribution in [0.2, 0.25) is 0 Å². The summed E-state index contributed by atoms with van der Waals surface area (Å²) >= 11 is 0. The summed E-state index contributed by atoms with van der Waals surface area (Å²) in [5.41, 5.74) is 0.148. The molecule has 0 saturated carbocycles. The highest BCUT2D eigenvalue weighted by Gasteiger charge is 2.35. The third kappa shape index (κ3) is 7.07. The van der Waals surface area contributed by atoms with E-state index in [-0.39, 0.29) is 30.5 Å². The van der Waals surface area contributed by atoms with Crippen LogP contribution in [0.15, 0.2) is 72.8 Å². The molecule has 11 heteroatoms. The Labute approximate surface area is 222 Å². The van der Waals surface area contributed by atoms with Crippen molar-refractivity contribution in [1.82, 2.24) is 5.32 Å². The highest BCUT2D eigenvalue weighted by molar-refractivity contribution is 6.00. The molecule has 39 heavy (non-hydrogen) atoms. The van der Waals surface area contributed by atoms with Gasteiger partial charge in [0.25, 0.3) is 5.91 Å². The molecule has 1 fully saturated rings. The number of amides is 3. The van der Waals surface area contributed by atoms with Crippen LogP contribution in [0, 0.1) is 5.92 Å². The number of hydrogen-bond donors (Lipinski definition) is 2. The average molecular weight is 542 g/mol. The number of alkyl halides is 3. The molecule has 204 valence electrons. The van der Waals surface area contributed by atoms with Crippen LogP contribution >= 0.6 is 0 Å². The molecular formula is C28H26F3N3O5. The number of ether oxygens (including phenoxy) is 2. The molecule has 0 aliphatic carbocycles. The van der Waals surface area contributed by atoms with Crippen LogP contribution in [0.4, 0.5) is 24.5 Å². The number of carbonyl (C=O) groups excluding carboxylic acids is 3. The number of halogens is 3. The maximum atomic E-state index is 13.1. The van der Waals surface area contributed by atoms with Gasteiger partial charge in [0.05, 0.1) is 24.3 Å². The Morgan fingerprint density at radius 2 is 1.64 bits per heavy atom. The number of nitrogens with zero attached hydrogens (tertiary/aromatic N) is 1. The molecule has 0 radical (unpaired) electrons. The van der Waals surface area contributed by atoms with Crippen LogP contribution in [0.3, 0.4) is 0 Å². The Kier molecular flexibility index (Phi) is 8.38. The third-order valence-electron chi connectivity index (χ3n) is 6.15. The maximum absolute atomic E-state index is 13.1. The van der Waals surface area contributed by atoms with Crippen molar-refractivity contribution < 1.29 is 37.0 Å². The monoisotopic (exact) mass is 541 g/mol. The van der Waals surface area contributed by atoms with Crippen molar-refractivity contribution in [3.8, 4) is 11.5 Å². The lowest BCUT2D eigenvalue weighted by Gasteiger charge is -2.17. The Morgan fingerprint density at radius 1 is 0.974 bits per heavy atom. The van der Waals surface area contributed by atoms with Crippen LogP contribution < -0.4 is 25.0 Å². The van der Waals surface area contributed by atoms with Gasteiger partial charge in [-0.3, -0.25) is 14.4 Å². The van der Waals surface area contributed by atoms with Gasteiger partial charge in [0.15, 0.2) is 6.61 Å². The van der Waals surface area contributed by atoms with E-state index in [1.807, 2.05) is 12.1 Å². The van der Waals surface area contributed by atoms with E-state index in [0.717, 1.165) is 17.7 Å². The summed E-state index contributed by atoms with van der Waals surface area (Å²) in [4.78, 5) is 38.9. The highest BCUT2D eigenvalue weighted by atomic mass is 19.4. The van der Waals surface area contributed by atoms with E-state index < -0.39 is 30.2 Å². The molecular weight excluding hydrogens is 515 g/mol. The van der Waals surface area contributed by atoms with Gasteiger partial charge >= 0.3 is 6.18 Å². The normalized spacial score (nSPS) is 15.1. The fraction of sp³-hybridized carbons (Fsp3) is 0.250. The molecule has 2 N–H and O–H groups in total. The molecule has 1 aliphatic heterocycles. The molecule has 0 spiro atoms. The van der Waals surface area contributed by atoms with Gasteiger partial charge in [-0.25, -0.2) is 0 Å². The molecule has 0 bridgehead atoms. The molecule has 4 rings (SSSR count). The summed E-state index contributed by atoms with van der Waals surface area (Å²) in [6, 6.07) is 18.3. The largest absolute Gasteiger partial charge is 0.497 e. The van der Waals surface area contributed by atoms with Crippen LogP contribution in [-0.2, 0) is 27.1 Å². The maximum Gasteiger partial charge on any atom is 0.418 e. The number of nitrogens with one attached hydrogen (secondary N) is 2. The number of rotatable bonds is 9. The molecule has 3 amide bonds. The minimum Gasteiger partial charge on any atom is -0.497 e. The predicted octanol–water partition coefficient (Wildman–Crippen LogP) is 4.40. The molecule has 3 aromatic carbocycles. The van der Waals surface area contributed by atoms with Crippen molar-refractivity contribution in [2.45, 2.75) is 19.1 Å². The predicted molar refractivity (Wildman–Crippen MR) is 137 cm³/mol. The molecule has 0 unspecified atom stereocenters. The van der Waals surface area contributed by atoms with Gasteiger partial charge < -0.3 is 25.0 Å². The Morgan fingerprint density at radius 3 is 2.31 bits per heavy atom. The standard InChI is InChI=1S/C28H26F3N3O5/c1-38-21-10-6-18(7-11-21)15-32-27(37)19-14-26(36)34(16-19)20-8-12-22(13-9-20)39-17-25(35)33-24-5-3-2-4-23(24)28(29,30)31/h2-13,19H,14-17H2,1H3,(H,32,37)(H,33,35)/t19-/m1/s1. The zero-order chi connectivity index (χ0) is 28.0. The zero-order valence-corrected chi connectivity index (χ0v) is 21.0. The average Bonchev–Trinajstić information content (AvgIpc) is 3.32. The quantitative estimate of drug-likeness (QED) is 0.419. The zero-order valence-electron chi connectivity index (χ0n) is 21.0. The van der Waals surface area contributed by atoms with E-state index in [1.54, 1.807) is 31.4 Å². The summed E-state index contributed by atoms with van der Waals surface area (Å²) in [6.07, 6.45) is -4.53. The fourth-order valence-electron chi connectivity index (χ4n) is 4.11. The minimum absolute atomic E-state index is 0.0757. The van der Waals surface area contributed by atoms with Gasteiger partial charge in [-0.15, -0.1) is 0 Å². The van der Waals surface area contributed by atoms with E-state index in [1.165, 1.54) is 29.2 Å². The van der Waals surface area contributed by atoms with Crippen molar-refractivity contribution in [2.75, 3.05) is 30.5 Å². The smallest absolute Gasteiger partial charge is 0.418 e. The van der Waals surface area contributed by atoms with Crippen molar-refractivity contribution in [2.24, 2.45) is 5.92 Å². The number of para-hydroxylation sites is 1. The molecule has 1 aliphatic rings. The van der Waals surface area contributed by atoms with Crippen molar-refractivity contribution in [3.05, 3.63) is 83.9 Å².